The fraction of sp³-hybridized carbons (Fsp3) is 0.767. The third-order valence-electron chi connectivity index (χ3n) is 17.2. The molecule has 19 nitrogen and oxygen atoms in total. The molecule has 3 fully saturated rings. The Bertz CT molecular complexity index is 2040. The van der Waals surface area contributed by atoms with E-state index < -0.39 is 124 Å². The number of hydrogen-bond donors (Lipinski definition) is 12. The molecule has 0 spiro atoms. The first kappa shape index (κ1) is 82.9. The van der Waals surface area contributed by atoms with Crippen molar-refractivity contribution in [3.63, 3.8) is 0 Å². The summed E-state index contributed by atoms with van der Waals surface area (Å²) in [5.41, 5.74) is 0. The average molecular weight is 1300 g/mol. The van der Waals surface area contributed by atoms with Crippen LogP contribution >= 0.6 is 0 Å². The van der Waals surface area contributed by atoms with Crippen molar-refractivity contribution in [1.29, 1.82) is 0 Å². The fourth-order valence-electron chi connectivity index (χ4n) is 11.4. The molecule has 1 amide bonds. The van der Waals surface area contributed by atoms with E-state index in [1.54, 1.807) is 0 Å². The Morgan fingerprint density at radius 2 is 0.750 bits per heavy atom. The summed E-state index contributed by atoms with van der Waals surface area (Å²) >= 11 is 0. The number of nitrogens with one attached hydrogen (secondary N) is 1. The number of hydrogen-bond acceptors (Lipinski definition) is 18. The van der Waals surface area contributed by atoms with Crippen molar-refractivity contribution in [3.05, 3.63) is 97.2 Å². The van der Waals surface area contributed by atoms with Crippen molar-refractivity contribution in [2.45, 2.75) is 330 Å². The molecule has 17 unspecified atom stereocenters. The van der Waals surface area contributed by atoms with Gasteiger partial charge in [0, 0.05) is 6.42 Å². The quantitative estimate of drug-likeness (QED) is 0.0199. The average Bonchev–Trinajstić information content (AvgIpc) is 0.830. The van der Waals surface area contributed by atoms with E-state index in [1.807, 2.05) is 0 Å². The molecule has 0 aromatic carbocycles. The number of amides is 1. The van der Waals surface area contributed by atoms with Gasteiger partial charge in [-0.15, -0.1) is 0 Å². The van der Waals surface area contributed by atoms with Crippen molar-refractivity contribution in [1.82, 2.24) is 5.32 Å². The Morgan fingerprint density at radius 1 is 0.402 bits per heavy atom. The molecule has 12 N–H and O–H groups in total. The van der Waals surface area contributed by atoms with Crippen molar-refractivity contribution in [3.8, 4) is 0 Å². The van der Waals surface area contributed by atoms with Crippen LogP contribution in [0, 0.1) is 0 Å². The minimum atomic E-state index is -1.98. The first-order chi connectivity index (χ1) is 44.8. The van der Waals surface area contributed by atoms with Crippen LogP contribution in [0.5, 0.6) is 0 Å². The molecule has 0 aromatic rings. The molecule has 0 aromatic heterocycles. The van der Waals surface area contributed by atoms with E-state index in [-0.39, 0.29) is 18.9 Å². The first-order valence-corrected chi connectivity index (χ1v) is 35.5. The van der Waals surface area contributed by atoms with Crippen LogP contribution in [-0.2, 0) is 33.2 Å². The lowest BCUT2D eigenvalue weighted by molar-refractivity contribution is -0.379. The van der Waals surface area contributed by atoms with Crippen LogP contribution in [-0.4, -0.2) is 193 Å². The van der Waals surface area contributed by atoms with Gasteiger partial charge in [-0.1, -0.05) is 239 Å². The zero-order valence-electron chi connectivity index (χ0n) is 56.0. The molecule has 3 saturated heterocycles. The van der Waals surface area contributed by atoms with Crippen LogP contribution in [0.25, 0.3) is 0 Å². The first-order valence-electron chi connectivity index (χ1n) is 35.5. The summed E-state index contributed by atoms with van der Waals surface area (Å²) in [7, 11) is 0. The van der Waals surface area contributed by atoms with E-state index >= 15 is 0 Å². The number of ether oxygens (including phenoxy) is 6. The Balaban J connectivity index is 1.35. The van der Waals surface area contributed by atoms with Gasteiger partial charge in [-0.2, -0.15) is 0 Å². The van der Waals surface area contributed by atoms with E-state index in [0.29, 0.717) is 12.8 Å². The van der Waals surface area contributed by atoms with Crippen molar-refractivity contribution in [2.24, 2.45) is 0 Å². The topological polar surface area (TPSA) is 307 Å². The van der Waals surface area contributed by atoms with Crippen LogP contribution in [0.4, 0.5) is 0 Å². The van der Waals surface area contributed by atoms with E-state index in [1.165, 1.54) is 83.5 Å². The monoisotopic (exact) mass is 1300 g/mol. The maximum Gasteiger partial charge on any atom is 0.220 e. The van der Waals surface area contributed by atoms with Gasteiger partial charge in [0.15, 0.2) is 18.9 Å². The molecule has 530 valence electrons. The number of unbranched alkanes of at least 4 members (excludes halogenated alkanes) is 21. The standard InChI is InChI=1S/C73H125NO18/c1-3-5-7-9-11-13-15-17-18-19-20-21-22-23-24-25-26-27-28-29-30-31-32-33-34-35-36-37-38-39-41-43-45-47-49-51-61(79)74-56(57(78)50-48-46-44-42-40-16-14-12-10-8-6-4-2)55-87-71-67(85)64(82)69(59(53-76)89-71)92-73-68(86)65(83)70(60(54-77)90-73)91-72-66(84)63(81)62(80)58(52-75)88-72/h5,7,11,13,17-18,20-21,23-24,26-27,29-30,32-33,56-60,62-73,75-78,80-86H,3-4,6,8-10,12,14-16,19,22,25,28,31,34-55H2,1-2H3,(H,74,79)/b7-5-,13-11-,18-17-,21-20-,24-23-,27-26-,30-29-,33-32-. The molecule has 0 saturated carbocycles. The van der Waals surface area contributed by atoms with Crippen molar-refractivity contribution >= 4 is 5.91 Å². The number of allylic oxidation sites excluding steroid dienone is 16. The van der Waals surface area contributed by atoms with E-state index in [4.69, 9.17) is 28.4 Å². The number of aliphatic hydroxyl groups excluding tert-OH is 11. The molecule has 3 aliphatic heterocycles. The summed E-state index contributed by atoms with van der Waals surface area (Å²) in [6.45, 7) is 1.66. The van der Waals surface area contributed by atoms with Gasteiger partial charge in [0.05, 0.1) is 38.6 Å². The summed E-state index contributed by atoms with van der Waals surface area (Å²) < 4.78 is 34.4. The Labute approximate surface area is 552 Å². The number of rotatable bonds is 53. The second-order valence-electron chi connectivity index (χ2n) is 25.0. The molecule has 92 heavy (non-hydrogen) atoms. The molecule has 3 aliphatic rings. The third-order valence-corrected chi connectivity index (χ3v) is 17.2. The van der Waals surface area contributed by atoms with Crippen LogP contribution < -0.4 is 5.32 Å². The normalized spacial score (nSPS) is 28.3. The molecule has 3 heterocycles. The summed E-state index contributed by atoms with van der Waals surface area (Å²) in [4.78, 5) is 13.4. The van der Waals surface area contributed by atoms with Crippen LogP contribution in [0.1, 0.15) is 226 Å². The second-order valence-corrected chi connectivity index (χ2v) is 25.0. The minimum Gasteiger partial charge on any atom is -0.394 e. The maximum atomic E-state index is 13.4. The largest absolute Gasteiger partial charge is 0.394 e. The van der Waals surface area contributed by atoms with E-state index in [0.717, 1.165) is 109 Å². The number of aliphatic hydroxyl groups is 11. The molecule has 0 radical (unpaired) electrons. The highest BCUT2D eigenvalue weighted by Gasteiger charge is 2.53. The molecule has 0 aliphatic carbocycles. The van der Waals surface area contributed by atoms with Crippen LogP contribution in [0.3, 0.4) is 0 Å². The lowest BCUT2D eigenvalue weighted by Crippen LogP contribution is -2.66. The fourth-order valence-corrected chi connectivity index (χ4v) is 11.4. The smallest absolute Gasteiger partial charge is 0.220 e. The predicted molar refractivity (Wildman–Crippen MR) is 360 cm³/mol. The summed E-state index contributed by atoms with van der Waals surface area (Å²) in [6, 6.07) is -0.895. The number of carbonyl (C=O) groups is 1. The summed E-state index contributed by atoms with van der Waals surface area (Å²) in [5, 5.41) is 121. The Morgan fingerprint density at radius 3 is 1.17 bits per heavy atom. The van der Waals surface area contributed by atoms with Gasteiger partial charge in [-0.25, -0.2) is 0 Å². The molecule has 19 heteroatoms. The zero-order chi connectivity index (χ0) is 66.8. The molecular weight excluding hydrogens is 1180 g/mol. The van der Waals surface area contributed by atoms with Crippen LogP contribution in [0.2, 0.25) is 0 Å². The highest BCUT2D eigenvalue weighted by atomic mass is 16.8. The highest BCUT2D eigenvalue weighted by molar-refractivity contribution is 5.76. The lowest BCUT2D eigenvalue weighted by Gasteiger charge is -2.48. The lowest BCUT2D eigenvalue weighted by atomic mass is 9.96. The zero-order valence-corrected chi connectivity index (χ0v) is 56.0. The highest BCUT2D eigenvalue weighted by Crippen LogP contribution is 2.33. The number of carbonyl (C=O) groups excluding carboxylic acids is 1. The maximum absolute atomic E-state index is 13.4. The SMILES string of the molecule is CC/C=C\C/C=C\C/C=C\C/C=C\C/C=C\C/C=C\C/C=C\C/C=C\CCCCCCCCCCCCC(=O)NC(COC1OC(CO)C(OC2OC(CO)C(OC3OC(CO)C(O)C(O)C3O)C(O)C2O)C(O)C1O)C(O)CCCCCCCCCCCCCC. The summed E-state index contributed by atoms with van der Waals surface area (Å²) in [6.07, 6.45) is 43.5. The Kier molecular flexibility index (Phi) is 48.5. The van der Waals surface area contributed by atoms with Gasteiger partial charge in [0.2, 0.25) is 5.91 Å². The van der Waals surface area contributed by atoms with Crippen molar-refractivity contribution < 1.29 is 89.4 Å². The molecule has 3 rings (SSSR count). The Hall–Kier alpha value is -3.29. The van der Waals surface area contributed by atoms with Gasteiger partial charge >= 0.3 is 0 Å². The van der Waals surface area contributed by atoms with Gasteiger partial charge in [0.25, 0.3) is 0 Å². The minimum absolute atomic E-state index is 0.252. The van der Waals surface area contributed by atoms with E-state index in [2.05, 4.69) is 116 Å². The van der Waals surface area contributed by atoms with E-state index in [9.17, 15) is 61.0 Å². The van der Waals surface area contributed by atoms with Crippen molar-refractivity contribution in [2.75, 3.05) is 26.4 Å². The van der Waals surface area contributed by atoms with Gasteiger partial charge in [-0.05, 0) is 77.0 Å². The summed E-state index contributed by atoms with van der Waals surface area (Å²) in [5.74, 6) is -0.252. The van der Waals surface area contributed by atoms with Crippen LogP contribution in [0.15, 0.2) is 97.2 Å². The molecule has 0 bridgehead atoms. The molecule has 17 atom stereocenters. The van der Waals surface area contributed by atoms with Gasteiger partial charge < -0.3 is 89.9 Å². The second kappa shape index (κ2) is 53.8. The predicted octanol–water partition coefficient (Wildman–Crippen LogP) is 9.66. The van der Waals surface area contributed by atoms with Gasteiger partial charge in [-0.3, -0.25) is 4.79 Å². The molecular formula is C73H125NO18. The van der Waals surface area contributed by atoms with Gasteiger partial charge in [0.1, 0.15) is 73.2 Å². The third kappa shape index (κ3) is 35.1.